The molecule has 4 aromatic carbocycles. The molecule has 2 aromatic heterocycles. The van der Waals surface area contributed by atoms with Crippen LogP contribution in [-0.4, -0.2) is 73.7 Å². The highest BCUT2D eigenvalue weighted by Crippen LogP contribution is 2.38. The summed E-state index contributed by atoms with van der Waals surface area (Å²) >= 11 is 14.0. The Morgan fingerprint density at radius 2 is 1.08 bits per heavy atom. The van der Waals surface area contributed by atoms with Crippen LogP contribution in [0.15, 0.2) is 108 Å². The van der Waals surface area contributed by atoms with Crippen LogP contribution in [-0.2, 0) is 58.6 Å². The average Bonchev–Trinajstić information content (AvgIpc) is 4.28. The Labute approximate surface area is 469 Å². The van der Waals surface area contributed by atoms with E-state index in [0.717, 1.165) is 91.9 Å². The first-order valence-corrected chi connectivity index (χ1v) is 27.1. The van der Waals surface area contributed by atoms with Crippen molar-refractivity contribution < 1.29 is 38.0 Å². The predicted octanol–water partition coefficient (Wildman–Crippen LogP) is 12.4. The topological polar surface area (TPSA) is 164 Å². The highest BCUT2D eigenvalue weighted by atomic mass is 35.5. The molecular formula is C62H72Cl2N6O8. The van der Waals surface area contributed by atoms with E-state index < -0.39 is 0 Å². The molecule has 0 fully saturated rings. The van der Waals surface area contributed by atoms with E-state index in [0.29, 0.717) is 58.0 Å². The van der Waals surface area contributed by atoms with Gasteiger partial charge in [-0.3, -0.25) is 29.5 Å². The van der Waals surface area contributed by atoms with Gasteiger partial charge in [-0.2, -0.15) is 0 Å². The monoisotopic (exact) mass is 1100 g/mol. The Morgan fingerprint density at radius 3 is 1.53 bits per heavy atom. The largest absolute Gasteiger partial charge is 0.488 e. The van der Waals surface area contributed by atoms with Crippen LogP contribution in [0, 0.1) is 25.7 Å². The Balaban J connectivity index is 1.09. The minimum absolute atomic E-state index is 0.111. The summed E-state index contributed by atoms with van der Waals surface area (Å²) in [4.78, 5) is 41.9. The number of hydrogen-bond acceptors (Lipinski definition) is 14. The number of halogens is 2. The second kappa shape index (κ2) is 28.7. The third kappa shape index (κ3) is 17.1. The van der Waals surface area contributed by atoms with Gasteiger partial charge in [-0.05, 0) is 96.2 Å². The molecule has 2 unspecified atom stereocenters. The molecule has 2 N–H and O–H groups in total. The van der Waals surface area contributed by atoms with Crippen LogP contribution in [0.1, 0.15) is 109 Å². The van der Waals surface area contributed by atoms with Crippen LogP contribution in [0.25, 0.3) is 11.1 Å². The highest BCUT2D eigenvalue weighted by molar-refractivity contribution is 6.32. The lowest BCUT2D eigenvalue weighted by molar-refractivity contribution is -0.142. The van der Waals surface area contributed by atoms with Crippen LogP contribution in [0.2, 0.25) is 10.0 Å². The summed E-state index contributed by atoms with van der Waals surface area (Å²) in [5.74, 6) is 2.29. The standard InChI is InChI=1S/C62H72Cl2N6O8/c1-38(2)16-50(22-61(71)73-8)68-31-48-20-54(63)59(24-57(48)75-34-43-18-42(26-65-7)27-66-28-43)77-36-45-12-10-14-52(40(45)5)53-15-11-13-46(41(53)6)37-78-60-25-58(76-35-44-19-47(30-67-29-44)56-33-70-56)49(21-55(60)64)32-69-51(17-39(3)4)23-62(72)74-9/h10-15,18-21,24-30,38-39,50-51,68-69H,16-17,22-23,31-37H2,1-9H3/b65-26+. The van der Waals surface area contributed by atoms with Crippen molar-refractivity contribution in [2.24, 2.45) is 21.8 Å². The number of pyridine rings is 2. The van der Waals surface area contributed by atoms with Gasteiger partial charge < -0.3 is 39.1 Å². The van der Waals surface area contributed by atoms with Crippen LogP contribution in [0.3, 0.4) is 0 Å². The lowest BCUT2D eigenvalue weighted by atomic mass is 9.92. The van der Waals surface area contributed by atoms with Gasteiger partial charge in [0, 0.05) is 109 Å². The fraction of sp³-hybridized carbons (Fsp3) is 0.387. The smallest absolute Gasteiger partial charge is 0.307 e. The summed E-state index contributed by atoms with van der Waals surface area (Å²) in [6.07, 6.45) is 10.9. The molecule has 2 atom stereocenters. The molecular weight excluding hydrogens is 1030 g/mol. The quantitative estimate of drug-likeness (QED) is 0.0338. The Hall–Kier alpha value is -6.84. The van der Waals surface area contributed by atoms with Crippen molar-refractivity contribution in [3.05, 3.63) is 163 Å². The van der Waals surface area contributed by atoms with Crippen LogP contribution in [0.5, 0.6) is 23.0 Å². The molecule has 0 amide bonds. The molecule has 0 saturated heterocycles. The van der Waals surface area contributed by atoms with Crippen LogP contribution >= 0.6 is 23.2 Å². The van der Waals surface area contributed by atoms with E-state index in [1.165, 1.54) is 14.2 Å². The number of benzene rings is 4. The summed E-state index contributed by atoms with van der Waals surface area (Å²) in [5, 5.41) is 7.96. The van der Waals surface area contributed by atoms with Crippen molar-refractivity contribution in [1.29, 1.82) is 0 Å². The van der Waals surface area contributed by atoms with Gasteiger partial charge in [0.2, 0.25) is 0 Å². The van der Waals surface area contributed by atoms with Crippen molar-refractivity contribution in [3.8, 4) is 34.1 Å². The number of carbonyl (C=O) groups is 2. The van der Waals surface area contributed by atoms with Gasteiger partial charge in [-0.1, -0.05) is 87.3 Å². The molecule has 3 heterocycles. The van der Waals surface area contributed by atoms with Crippen LogP contribution in [0.4, 0.5) is 0 Å². The zero-order chi connectivity index (χ0) is 55.7. The number of rotatable bonds is 29. The van der Waals surface area contributed by atoms with Crippen molar-refractivity contribution in [2.45, 2.75) is 119 Å². The van der Waals surface area contributed by atoms with Gasteiger partial charge in [0.1, 0.15) is 49.4 Å². The number of carbonyl (C=O) groups excluding carboxylic acids is 2. The fourth-order valence-electron chi connectivity index (χ4n) is 9.26. The van der Waals surface area contributed by atoms with Crippen molar-refractivity contribution in [2.75, 3.05) is 27.8 Å². The van der Waals surface area contributed by atoms with E-state index in [2.05, 4.69) is 96.4 Å². The van der Waals surface area contributed by atoms with Crippen molar-refractivity contribution >= 4 is 47.1 Å². The molecule has 0 aliphatic carbocycles. The molecule has 78 heavy (non-hydrogen) atoms. The normalized spacial score (nSPS) is 12.9. The van der Waals surface area contributed by atoms with E-state index in [1.54, 1.807) is 31.9 Å². The molecule has 16 heteroatoms. The SMILES string of the molecule is C/N=C/c1cncc(COc2cc(OCc3cccc(-c4cccc(COc5cc(OCc6cncc(C7=NC7)c6)c(CNC(CC(=O)OC)CC(C)C)cc5Cl)c4C)c3C)c(Cl)cc2CNC(CC(=O)OC)CC(C)C)c1. The molecule has 7 rings (SSSR count). The number of nitrogens with zero attached hydrogens (tertiary/aromatic N) is 4. The lowest BCUT2D eigenvalue weighted by Gasteiger charge is -2.22. The van der Waals surface area contributed by atoms with Crippen LogP contribution < -0.4 is 29.6 Å². The first-order valence-electron chi connectivity index (χ1n) is 26.4. The Bertz CT molecular complexity index is 3090. The zero-order valence-corrected chi connectivity index (χ0v) is 47.7. The Morgan fingerprint density at radius 1 is 0.615 bits per heavy atom. The van der Waals surface area contributed by atoms with Gasteiger partial charge in [0.25, 0.3) is 0 Å². The molecule has 0 saturated carbocycles. The summed E-state index contributed by atoms with van der Waals surface area (Å²) in [6, 6.07) is 23.6. The molecule has 0 spiro atoms. The second-order valence-corrected chi connectivity index (χ2v) is 21.3. The average molecular weight is 1100 g/mol. The van der Waals surface area contributed by atoms with Gasteiger partial charge in [0.05, 0.1) is 49.4 Å². The third-order valence-electron chi connectivity index (χ3n) is 13.5. The molecule has 6 aromatic rings. The maximum atomic E-state index is 12.3. The number of ether oxygens (including phenoxy) is 6. The molecule has 0 bridgehead atoms. The number of nitrogens with one attached hydrogen (secondary N) is 2. The van der Waals surface area contributed by atoms with E-state index in [4.69, 9.17) is 51.6 Å². The number of aliphatic imine (C=N–C) groups is 2. The zero-order valence-electron chi connectivity index (χ0n) is 46.2. The maximum absolute atomic E-state index is 12.3. The van der Waals surface area contributed by atoms with Gasteiger partial charge >= 0.3 is 11.9 Å². The molecule has 1 aliphatic rings. The van der Waals surface area contributed by atoms with E-state index in [-0.39, 0.29) is 63.3 Å². The van der Waals surface area contributed by atoms with Gasteiger partial charge in [-0.25, -0.2) is 0 Å². The van der Waals surface area contributed by atoms with E-state index in [9.17, 15) is 9.59 Å². The third-order valence-corrected chi connectivity index (χ3v) is 14.1. The summed E-state index contributed by atoms with van der Waals surface area (Å²) in [6.45, 7) is 15.2. The number of aromatic nitrogens is 2. The summed E-state index contributed by atoms with van der Waals surface area (Å²) in [7, 11) is 4.53. The maximum Gasteiger partial charge on any atom is 0.307 e. The minimum Gasteiger partial charge on any atom is -0.488 e. The molecule has 412 valence electrons. The molecule has 1 aliphatic heterocycles. The number of esters is 2. The predicted molar refractivity (Wildman–Crippen MR) is 308 cm³/mol. The van der Waals surface area contributed by atoms with Crippen molar-refractivity contribution in [3.63, 3.8) is 0 Å². The van der Waals surface area contributed by atoms with Gasteiger partial charge in [-0.15, -0.1) is 0 Å². The summed E-state index contributed by atoms with van der Waals surface area (Å²) in [5.41, 5.74) is 12.5. The number of hydrogen-bond donors (Lipinski definition) is 2. The molecule has 14 nitrogen and oxygen atoms in total. The Kier molecular flexibility index (Phi) is 21.6. The fourth-order valence-corrected chi connectivity index (χ4v) is 9.74. The minimum atomic E-state index is -0.276. The second-order valence-electron chi connectivity index (χ2n) is 20.4. The van der Waals surface area contributed by atoms with Gasteiger partial charge in [0.15, 0.2) is 0 Å². The lowest BCUT2D eigenvalue weighted by Crippen LogP contribution is -2.32. The first kappa shape index (κ1) is 58.8. The highest BCUT2D eigenvalue weighted by Gasteiger charge is 2.22. The summed E-state index contributed by atoms with van der Waals surface area (Å²) < 4.78 is 36.1. The first-order chi connectivity index (χ1) is 37.6. The number of methoxy groups -OCH3 is 2. The van der Waals surface area contributed by atoms with E-state index >= 15 is 0 Å². The molecule has 0 radical (unpaired) electrons. The van der Waals surface area contributed by atoms with Crippen molar-refractivity contribution in [1.82, 2.24) is 20.6 Å². The van der Waals surface area contributed by atoms with E-state index in [1.807, 2.05) is 54.7 Å².